The number of nitrogens with zero attached hydrogens (tertiary/aromatic N) is 6. The molecule has 0 fully saturated rings. The summed E-state index contributed by atoms with van der Waals surface area (Å²) in [5, 5.41) is 26.4. The number of hydrogen-bond donors (Lipinski definition) is 1. The molecular weight excluding hydrogens is 370 g/mol. The first-order valence-electron chi connectivity index (χ1n) is 7.66. The van der Waals surface area contributed by atoms with Crippen LogP contribution in [0.3, 0.4) is 0 Å². The first-order chi connectivity index (χ1) is 13.1. The van der Waals surface area contributed by atoms with E-state index >= 15 is 0 Å². The predicted octanol–water partition coefficient (Wildman–Crippen LogP) is 1.81. The lowest BCUT2D eigenvalue weighted by molar-refractivity contribution is -0.384. The number of thioether (sulfide) groups is 1. The van der Waals surface area contributed by atoms with Gasteiger partial charge in [-0.05, 0) is 22.6 Å². The summed E-state index contributed by atoms with van der Waals surface area (Å²) >= 11 is 1.16. The van der Waals surface area contributed by atoms with E-state index < -0.39 is 4.92 Å². The zero-order chi connectivity index (χ0) is 19.1. The summed E-state index contributed by atoms with van der Waals surface area (Å²) in [6.45, 7) is 0. The van der Waals surface area contributed by atoms with Gasteiger partial charge in [0.05, 0.1) is 22.6 Å². The second kappa shape index (κ2) is 8.67. The molecule has 3 aromatic rings. The fourth-order valence-electron chi connectivity index (χ4n) is 2.06. The Morgan fingerprint density at radius 3 is 2.85 bits per heavy atom. The Morgan fingerprint density at radius 2 is 2.07 bits per heavy atom. The third-order valence-corrected chi connectivity index (χ3v) is 4.18. The van der Waals surface area contributed by atoms with Crippen molar-refractivity contribution in [2.75, 3.05) is 5.75 Å². The molecule has 11 heteroatoms. The van der Waals surface area contributed by atoms with Crippen molar-refractivity contribution in [1.82, 2.24) is 25.6 Å². The van der Waals surface area contributed by atoms with E-state index in [0.717, 1.165) is 17.4 Å². The summed E-state index contributed by atoms with van der Waals surface area (Å²) in [4.78, 5) is 22.2. The van der Waals surface area contributed by atoms with Crippen molar-refractivity contribution in [3.63, 3.8) is 0 Å². The molecule has 3 rings (SSSR count). The standard InChI is InChI=1S/C16H13N7O3S/c24-15(18-17-10-12-5-4-8-14(9-12)23(25)26)11-27-16-19-20-21-22(16)13-6-2-1-3-7-13/h1-10H,11H2,(H,18,24)/b17-10+. The molecule has 1 N–H and O–H groups in total. The van der Waals surface area contributed by atoms with Crippen LogP contribution in [0.25, 0.3) is 5.69 Å². The minimum Gasteiger partial charge on any atom is -0.272 e. The Bertz CT molecular complexity index is 975. The van der Waals surface area contributed by atoms with Crippen LogP contribution in [0.15, 0.2) is 64.9 Å². The summed E-state index contributed by atoms with van der Waals surface area (Å²) in [6.07, 6.45) is 1.34. The number of rotatable bonds is 7. The number of carbonyl (C=O) groups excluding carboxylic acids is 1. The van der Waals surface area contributed by atoms with Crippen LogP contribution in [-0.2, 0) is 4.79 Å². The van der Waals surface area contributed by atoms with Crippen LogP contribution in [-0.4, -0.2) is 43.0 Å². The van der Waals surface area contributed by atoms with E-state index in [9.17, 15) is 14.9 Å². The molecule has 0 aliphatic heterocycles. The van der Waals surface area contributed by atoms with E-state index in [0.29, 0.717) is 10.7 Å². The fourth-order valence-corrected chi connectivity index (χ4v) is 2.74. The zero-order valence-corrected chi connectivity index (χ0v) is 14.6. The summed E-state index contributed by atoms with van der Waals surface area (Å²) < 4.78 is 1.53. The fraction of sp³-hybridized carbons (Fsp3) is 0.0625. The number of nitrogens with one attached hydrogen (secondary N) is 1. The first-order valence-corrected chi connectivity index (χ1v) is 8.65. The number of hydrogen-bond acceptors (Lipinski definition) is 8. The summed E-state index contributed by atoms with van der Waals surface area (Å²) in [5.74, 6) is -0.302. The van der Waals surface area contributed by atoms with Gasteiger partial charge >= 0.3 is 0 Å². The zero-order valence-electron chi connectivity index (χ0n) is 13.8. The Kier molecular flexibility index (Phi) is 5.84. The van der Waals surface area contributed by atoms with Crippen molar-refractivity contribution in [2.45, 2.75) is 5.16 Å². The second-order valence-electron chi connectivity index (χ2n) is 5.14. The van der Waals surface area contributed by atoms with Gasteiger partial charge in [-0.25, -0.2) is 5.43 Å². The highest BCUT2D eigenvalue weighted by molar-refractivity contribution is 7.99. The summed E-state index contributed by atoms with van der Waals surface area (Å²) in [6, 6.07) is 15.2. The first kappa shape index (κ1) is 18.2. The molecule has 27 heavy (non-hydrogen) atoms. The average molecular weight is 383 g/mol. The number of benzene rings is 2. The van der Waals surface area contributed by atoms with Gasteiger partial charge in [0.25, 0.3) is 11.6 Å². The molecule has 1 heterocycles. The Balaban J connectivity index is 1.55. The van der Waals surface area contributed by atoms with E-state index in [2.05, 4.69) is 26.1 Å². The molecule has 136 valence electrons. The predicted molar refractivity (Wildman–Crippen MR) is 98.7 cm³/mol. The van der Waals surface area contributed by atoms with Crippen LogP contribution in [0.1, 0.15) is 5.56 Å². The SMILES string of the molecule is O=C(CSc1nnnn1-c1ccccc1)N/N=C/c1cccc([N+](=O)[O-])c1. The van der Waals surface area contributed by atoms with Crippen molar-refractivity contribution < 1.29 is 9.72 Å². The quantitative estimate of drug-likeness (QED) is 0.285. The molecule has 0 aliphatic rings. The lowest BCUT2D eigenvalue weighted by Crippen LogP contribution is -2.20. The smallest absolute Gasteiger partial charge is 0.270 e. The average Bonchev–Trinajstić information content (AvgIpc) is 3.16. The molecule has 0 atom stereocenters. The lowest BCUT2D eigenvalue weighted by atomic mass is 10.2. The van der Waals surface area contributed by atoms with E-state index in [1.165, 1.54) is 23.0 Å². The molecule has 0 saturated heterocycles. The molecule has 1 amide bonds. The van der Waals surface area contributed by atoms with E-state index in [4.69, 9.17) is 0 Å². The van der Waals surface area contributed by atoms with Gasteiger partial charge in [0.15, 0.2) is 0 Å². The minimum absolute atomic E-state index is 0.0476. The third kappa shape index (κ3) is 4.95. The van der Waals surface area contributed by atoms with Gasteiger partial charge in [-0.3, -0.25) is 14.9 Å². The number of tetrazole rings is 1. The Labute approximate surface area is 157 Å². The number of non-ortho nitro benzene ring substituents is 1. The largest absolute Gasteiger partial charge is 0.272 e. The number of amides is 1. The highest BCUT2D eigenvalue weighted by Gasteiger charge is 2.11. The van der Waals surface area contributed by atoms with Crippen molar-refractivity contribution in [3.05, 3.63) is 70.3 Å². The number of nitro groups is 1. The Morgan fingerprint density at radius 1 is 1.26 bits per heavy atom. The van der Waals surface area contributed by atoms with Gasteiger partial charge in [0.2, 0.25) is 5.16 Å². The van der Waals surface area contributed by atoms with Gasteiger partial charge in [-0.2, -0.15) is 9.78 Å². The number of carbonyl (C=O) groups is 1. The topological polar surface area (TPSA) is 128 Å². The normalized spacial score (nSPS) is 10.8. The highest BCUT2D eigenvalue weighted by Crippen LogP contribution is 2.17. The van der Waals surface area contributed by atoms with E-state index in [-0.39, 0.29) is 17.3 Å². The maximum atomic E-state index is 11.9. The van der Waals surface area contributed by atoms with Crippen LogP contribution in [0, 0.1) is 10.1 Å². The molecule has 0 radical (unpaired) electrons. The van der Waals surface area contributed by atoms with Crippen molar-refractivity contribution in [3.8, 4) is 5.69 Å². The molecule has 0 saturated carbocycles. The van der Waals surface area contributed by atoms with Gasteiger partial charge in [0.1, 0.15) is 0 Å². The summed E-state index contributed by atoms with van der Waals surface area (Å²) in [5.41, 5.74) is 3.61. The van der Waals surface area contributed by atoms with E-state index in [1.54, 1.807) is 12.1 Å². The van der Waals surface area contributed by atoms with Crippen molar-refractivity contribution in [1.29, 1.82) is 0 Å². The minimum atomic E-state index is -0.497. The van der Waals surface area contributed by atoms with E-state index in [1.807, 2.05) is 30.3 Å². The number of aromatic nitrogens is 4. The summed E-state index contributed by atoms with van der Waals surface area (Å²) in [7, 11) is 0. The molecule has 0 bridgehead atoms. The van der Waals surface area contributed by atoms with Crippen LogP contribution >= 0.6 is 11.8 Å². The van der Waals surface area contributed by atoms with Gasteiger partial charge in [-0.15, -0.1) is 5.10 Å². The number of hydrazone groups is 1. The monoisotopic (exact) mass is 383 g/mol. The molecule has 2 aromatic carbocycles. The van der Waals surface area contributed by atoms with Gasteiger partial charge in [-0.1, -0.05) is 42.1 Å². The highest BCUT2D eigenvalue weighted by atomic mass is 32.2. The molecule has 0 unspecified atom stereocenters. The van der Waals surface area contributed by atoms with Crippen LogP contribution in [0.5, 0.6) is 0 Å². The maximum absolute atomic E-state index is 11.9. The Hall–Kier alpha value is -3.60. The molecule has 10 nitrogen and oxygen atoms in total. The van der Waals surface area contributed by atoms with Gasteiger partial charge in [0, 0.05) is 17.7 Å². The third-order valence-electron chi connectivity index (χ3n) is 3.26. The van der Waals surface area contributed by atoms with Crippen LogP contribution in [0.4, 0.5) is 5.69 Å². The molecular formula is C16H13N7O3S. The number of para-hydroxylation sites is 1. The van der Waals surface area contributed by atoms with Crippen molar-refractivity contribution >= 4 is 29.6 Å². The lowest BCUT2D eigenvalue weighted by Gasteiger charge is -2.03. The molecule has 0 aliphatic carbocycles. The molecule has 1 aromatic heterocycles. The van der Waals surface area contributed by atoms with Crippen LogP contribution < -0.4 is 5.43 Å². The van der Waals surface area contributed by atoms with Crippen LogP contribution in [0.2, 0.25) is 0 Å². The second-order valence-corrected chi connectivity index (χ2v) is 6.09. The number of nitro benzene ring substituents is 1. The van der Waals surface area contributed by atoms with Gasteiger partial charge < -0.3 is 0 Å². The maximum Gasteiger partial charge on any atom is 0.270 e. The van der Waals surface area contributed by atoms with Crippen molar-refractivity contribution in [2.24, 2.45) is 5.10 Å². The molecule has 0 spiro atoms.